The summed E-state index contributed by atoms with van der Waals surface area (Å²) in [5.74, 6) is 1.82. The maximum atomic E-state index is 5.95. The van der Waals surface area contributed by atoms with Gasteiger partial charge in [-0.1, -0.05) is 23.2 Å². The number of nitrogens with zero attached hydrogens (tertiary/aromatic N) is 1. The van der Waals surface area contributed by atoms with Crippen LogP contribution in [0.3, 0.4) is 0 Å². The Hall–Kier alpha value is 0.0400. The van der Waals surface area contributed by atoms with Crippen molar-refractivity contribution in [2.75, 3.05) is 12.3 Å². The standard InChI is InChI=1S/C9H12Cl2N2S/c10-7-2-3-9(11)13-8(7)6-14-5-1-4-12/h2-3H,1,4-6,12H2. The van der Waals surface area contributed by atoms with Crippen molar-refractivity contribution in [1.29, 1.82) is 0 Å². The summed E-state index contributed by atoms with van der Waals surface area (Å²) >= 11 is 13.5. The molecule has 2 nitrogen and oxygen atoms in total. The highest BCUT2D eigenvalue weighted by Crippen LogP contribution is 2.21. The van der Waals surface area contributed by atoms with E-state index in [9.17, 15) is 0 Å². The Kier molecular flexibility index (Phi) is 5.63. The summed E-state index contributed by atoms with van der Waals surface area (Å²) in [6, 6.07) is 3.47. The molecule has 0 aliphatic carbocycles. The predicted octanol–water partition coefficient (Wildman–Crippen LogP) is 2.97. The molecular formula is C9H12Cl2N2S. The van der Waals surface area contributed by atoms with Crippen molar-refractivity contribution in [3.8, 4) is 0 Å². The molecule has 0 aliphatic rings. The fourth-order valence-corrected chi connectivity index (χ4v) is 2.26. The molecule has 5 heteroatoms. The zero-order valence-corrected chi connectivity index (χ0v) is 10.0. The molecule has 0 amide bonds. The van der Waals surface area contributed by atoms with Crippen LogP contribution in [0.25, 0.3) is 0 Å². The average Bonchev–Trinajstić information content (AvgIpc) is 2.18. The Morgan fingerprint density at radius 3 is 2.86 bits per heavy atom. The molecule has 0 spiro atoms. The molecule has 0 aromatic carbocycles. The highest BCUT2D eigenvalue weighted by Gasteiger charge is 2.02. The van der Waals surface area contributed by atoms with E-state index in [1.165, 1.54) is 0 Å². The van der Waals surface area contributed by atoms with E-state index < -0.39 is 0 Å². The van der Waals surface area contributed by atoms with Gasteiger partial charge < -0.3 is 5.73 Å². The van der Waals surface area contributed by atoms with Crippen molar-refractivity contribution in [2.24, 2.45) is 5.73 Å². The molecule has 0 atom stereocenters. The zero-order chi connectivity index (χ0) is 10.4. The molecule has 2 N–H and O–H groups in total. The quantitative estimate of drug-likeness (QED) is 0.646. The number of hydrogen-bond donors (Lipinski definition) is 1. The van der Waals surface area contributed by atoms with Gasteiger partial charge in [-0.2, -0.15) is 11.8 Å². The van der Waals surface area contributed by atoms with Crippen molar-refractivity contribution >= 4 is 35.0 Å². The molecule has 1 rings (SSSR count). The zero-order valence-electron chi connectivity index (χ0n) is 7.67. The molecule has 0 bridgehead atoms. The molecular weight excluding hydrogens is 239 g/mol. The fourth-order valence-electron chi connectivity index (χ4n) is 0.913. The monoisotopic (exact) mass is 250 g/mol. The molecule has 14 heavy (non-hydrogen) atoms. The summed E-state index contributed by atoms with van der Waals surface area (Å²) < 4.78 is 0. The van der Waals surface area contributed by atoms with Gasteiger partial charge in [-0.3, -0.25) is 0 Å². The van der Waals surface area contributed by atoms with Crippen molar-refractivity contribution in [2.45, 2.75) is 12.2 Å². The Bertz CT molecular complexity index is 294. The molecule has 1 aromatic rings. The lowest BCUT2D eigenvalue weighted by Gasteiger charge is -2.03. The lowest BCUT2D eigenvalue weighted by molar-refractivity contribution is 0.942. The second kappa shape index (κ2) is 6.51. The van der Waals surface area contributed by atoms with E-state index in [1.807, 2.05) is 0 Å². The van der Waals surface area contributed by atoms with Crippen LogP contribution in [0.4, 0.5) is 0 Å². The lowest BCUT2D eigenvalue weighted by Crippen LogP contribution is -2.00. The molecule has 1 aromatic heterocycles. The second-order valence-electron chi connectivity index (χ2n) is 2.76. The van der Waals surface area contributed by atoms with Gasteiger partial charge in [0.05, 0.1) is 10.7 Å². The van der Waals surface area contributed by atoms with Crippen molar-refractivity contribution in [3.63, 3.8) is 0 Å². The molecule has 0 fully saturated rings. The Morgan fingerprint density at radius 1 is 1.36 bits per heavy atom. The highest BCUT2D eigenvalue weighted by molar-refractivity contribution is 7.98. The molecule has 0 aliphatic heterocycles. The van der Waals surface area contributed by atoms with Gasteiger partial charge in [0.2, 0.25) is 0 Å². The predicted molar refractivity (Wildman–Crippen MR) is 64.1 cm³/mol. The summed E-state index contributed by atoms with van der Waals surface area (Å²) in [6.45, 7) is 0.726. The number of hydrogen-bond acceptors (Lipinski definition) is 3. The first-order valence-electron chi connectivity index (χ1n) is 4.33. The normalized spacial score (nSPS) is 10.5. The number of thioether (sulfide) groups is 1. The van der Waals surface area contributed by atoms with E-state index in [1.54, 1.807) is 23.9 Å². The number of rotatable bonds is 5. The van der Waals surface area contributed by atoms with Crippen LogP contribution in [0, 0.1) is 0 Å². The third kappa shape index (κ3) is 4.05. The minimum Gasteiger partial charge on any atom is -0.330 e. The van der Waals surface area contributed by atoms with Gasteiger partial charge in [0.25, 0.3) is 0 Å². The van der Waals surface area contributed by atoms with E-state index in [-0.39, 0.29) is 0 Å². The van der Waals surface area contributed by atoms with Crippen LogP contribution in [0.5, 0.6) is 0 Å². The van der Waals surface area contributed by atoms with Gasteiger partial charge in [0.1, 0.15) is 5.15 Å². The van der Waals surface area contributed by atoms with Crippen LogP contribution < -0.4 is 5.73 Å². The van der Waals surface area contributed by atoms with E-state index in [0.29, 0.717) is 10.2 Å². The number of pyridine rings is 1. The topological polar surface area (TPSA) is 38.9 Å². The lowest BCUT2D eigenvalue weighted by atomic mass is 10.4. The largest absolute Gasteiger partial charge is 0.330 e. The van der Waals surface area contributed by atoms with Crippen LogP contribution in [0.2, 0.25) is 10.2 Å². The van der Waals surface area contributed by atoms with Crippen LogP contribution in [-0.4, -0.2) is 17.3 Å². The third-order valence-corrected chi connectivity index (χ3v) is 3.23. The van der Waals surface area contributed by atoms with Gasteiger partial charge in [-0.25, -0.2) is 4.98 Å². The summed E-state index contributed by atoms with van der Waals surface area (Å²) in [7, 11) is 0. The summed E-state index contributed by atoms with van der Waals surface area (Å²) in [6.07, 6.45) is 1.02. The molecule has 0 unspecified atom stereocenters. The van der Waals surface area contributed by atoms with Gasteiger partial charge in [0, 0.05) is 5.75 Å². The molecule has 0 saturated carbocycles. The molecule has 0 saturated heterocycles. The number of aromatic nitrogens is 1. The fraction of sp³-hybridized carbons (Fsp3) is 0.444. The SMILES string of the molecule is NCCCSCc1nc(Cl)ccc1Cl. The first-order valence-corrected chi connectivity index (χ1v) is 6.24. The van der Waals surface area contributed by atoms with Crippen molar-refractivity contribution in [3.05, 3.63) is 28.0 Å². The van der Waals surface area contributed by atoms with Gasteiger partial charge >= 0.3 is 0 Å². The molecule has 0 radical (unpaired) electrons. The summed E-state index contributed by atoms with van der Waals surface area (Å²) in [5.41, 5.74) is 6.23. The minimum absolute atomic E-state index is 0.490. The van der Waals surface area contributed by atoms with Crippen LogP contribution in [-0.2, 0) is 5.75 Å². The third-order valence-electron chi connectivity index (χ3n) is 1.62. The maximum Gasteiger partial charge on any atom is 0.129 e. The average molecular weight is 251 g/mol. The molecule has 78 valence electrons. The van der Waals surface area contributed by atoms with Gasteiger partial charge in [-0.15, -0.1) is 0 Å². The Morgan fingerprint density at radius 2 is 2.14 bits per heavy atom. The van der Waals surface area contributed by atoms with Gasteiger partial charge in [-0.05, 0) is 30.9 Å². The van der Waals surface area contributed by atoms with Crippen molar-refractivity contribution in [1.82, 2.24) is 4.98 Å². The first-order chi connectivity index (χ1) is 6.74. The Labute approximate surface area is 98.2 Å². The van der Waals surface area contributed by atoms with Crippen LogP contribution in [0.15, 0.2) is 12.1 Å². The van der Waals surface area contributed by atoms with E-state index in [0.717, 1.165) is 30.2 Å². The van der Waals surface area contributed by atoms with Crippen LogP contribution in [0.1, 0.15) is 12.1 Å². The first kappa shape index (κ1) is 12.1. The molecule has 1 heterocycles. The number of nitrogens with two attached hydrogens (primary N) is 1. The Balaban J connectivity index is 2.45. The summed E-state index contributed by atoms with van der Waals surface area (Å²) in [5, 5.41) is 1.17. The van der Waals surface area contributed by atoms with E-state index in [2.05, 4.69) is 4.98 Å². The van der Waals surface area contributed by atoms with Crippen LogP contribution >= 0.6 is 35.0 Å². The maximum absolute atomic E-state index is 5.95. The van der Waals surface area contributed by atoms with Crippen molar-refractivity contribution < 1.29 is 0 Å². The number of halogens is 2. The highest BCUT2D eigenvalue weighted by atomic mass is 35.5. The van der Waals surface area contributed by atoms with Gasteiger partial charge in [0.15, 0.2) is 0 Å². The van der Waals surface area contributed by atoms with E-state index >= 15 is 0 Å². The second-order valence-corrected chi connectivity index (χ2v) is 4.66. The minimum atomic E-state index is 0.490. The summed E-state index contributed by atoms with van der Waals surface area (Å²) in [4.78, 5) is 4.15. The van der Waals surface area contributed by atoms with E-state index in [4.69, 9.17) is 28.9 Å². The smallest absolute Gasteiger partial charge is 0.129 e.